The molecule has 0 radical (unpaired) electrons. The Kier molecular flexibility index (Phi) is 4.20. The van der Waals surface area contributed by atoms with Gasteiger partial charge in [0.2, 0.25) is 0 Å². The van der Waals surface area contributed by atoms with Crippen LogP contribution in [0.3, 0.4) is 0 Å². The first-order valence-electron chi connectivity index (χ1n) is 9.18. The highest BCUT2D eigenvalue weighted by atomic mass is 16.5. The summed E-state index contributed by atoms with van der Waals surface area (Å²) in [7, 11) is 3.26. The zero-order chi connectivity index (χ0) is 19.3. The number of carbonyl (C=O) groups is 2. The smallest absolute Gasteiger partial charge is 0.316 e. The number of aromatic nitrogens is 1. The van der Waals surface area contributed by atoms with Crippen LogP contribution in [0.4, 0.5) is 0 Å². The maximum atomic E-state index is 13.1. The van der Waals surface area contributed by atoms with E-state index < -0.39 is 23.4 Å². The molecule has 1 aliphatic heterocycles. The standard InChI is InChI=1S/C21H24N2O4/c1-4-12-10-23(2)11-21(20(26)27-3)14(12)9-16(24)18-17(19(21)25)13-7-5-6-8-15(13)22-18/h4-8,14,19,22,25H,9-11H2,1-3H3/b12-4-/t14-,19-,21-/m0/s1. The number of aliphatic hydroxyl groups excluding tert-OH is 1. The summed E-state index contributed by atoms with van der Waals surface area (Å²) in [5, 5.41) is 12.4. The number of likely N-dealkylation sites (tertiary alicyclic amines) is 1. The molecule has 0 spiro atoms. The van der Waals surface area contributed by atoms with Gasteiger partial charge in [0.1, 0.15) is 5.41 Å². The minimum absolute atomic E-state index is 0.0834. The van der Waals surface area contributed by atoms with Gasteiger partial charge in [0.05, 0.1) is 18.9 Å². The molecule has 1 aromatic heterocycles. The summed E-state index contributed by atoms with van der Waals surface area (Å²) in [6.07, 6.45) is 0.972. The number of Topliss-reactive ketones (excluding diaryl/α,β-unsaturated/α-hetero) is 1. The molecule has 0 saturated carbocycles. The number of aliphatic hydroxyl groups is 1. The number of ether oxygens (including phenoxy) is 1. The van der Waals surface area contributed by atoms with Gasteiger partial charge < -0.3 is 19.7 Å². The van der Waals surface area contributed by atoms with E-state index in [1.165, 1.54) is 7.11 Å². The minimum atomic E-state index is -1.23. The Morgan fingerprint density at radius 1 is 1.41 bits per heavy atom. The van der Waals surface area contributed by atoms with Gasteiger partial charge in [-0.05, 0) is 20.0 Å². The predicted octanol–water partition coefficient (Wildman–Crippen LogP) is 2.46. The molecule has 2 aliphatic rings. The molecular formula is C21H24N2O4. The number of esters is 1. The molecule has 1 saturated heterocycles. The molecule has 0 bridgehead atoms. The van der Waals surface area contributed by atoms with Gasteiger partial charge in [0.15, 0.2) is 5.78 Å². The van der Waals surface area contributed by atoms with Crippen molar-refractivity contribution < 1.29 is 19.4 Å². The number of carbonyl (C=O) groups excluding carboxylic acids is 2. The Labute approximate surface area is 157 Å². The lowest BCUT2D eigenvalue weighted by Gasteiger charge is -2.48. The second-order valence-corrected chi connectivity index (χ2v) is 7.61. The summed E-state index contributed by atoms with van der Waals surface area (Å²) in [4.78, 5) is 31.4. The Morgan fingerprint density at radius 2 is 2.15 bits per heavy atom. The molecule has 27 heavy (non-hydrogen) atoms. The number of hydrogen-bond donors (Lipinski definition) is 2. The van der Waals surface area contributed by atoms with Crippen molar-refractivity contribution >= 4 is 22.7 Å². The fraction of sp³-hybridized carbons (Fsp3) is 0.429. The number of para-hydroxylation sites is 1. The largest absolute Gasteiger partial charge is 0.468 e. The third-order valence-electron chi connectivity index (χ3n) is 6.17. The summed E-state index contributed by atoms with van der Waals surface area (Å²) >= 11 is 0. The summed E-state index contributed by atoms with van der Waals surface area (Å²) in [6, 6.07) is 7.48. The fourth-order valence-corrected chi connectivity index (χ4v) is 4.97. The summed E-state index contributed by atoms with van der Waals surface area (Å²) < 4.78 is 5.18. The van der Waals surface area contributed by atoms with E-state index in [-0.39, 0.29) is 12.2 Å². The quantitative estimate of drug-likeness (QED) is 0.597. The van der Waals surface area contributed by atoms with E-state index in [0.717, 1.165) is 16.5 Å². The molecule has 1 fully saturated rings. The zero-order valence-corrected chi connectivity index (χ0v) is 15.8. The van der Waals surface area contributed by atoms with E-state index in [4.69, 9.17) is 4.74 Å². The number of methoxy groups -OCH3 is 1. The number of piperidine rings is 1. The molecule has 0 unspecified atom stereocenters. The van der Waals surface area contributed by atoms with Crippen LogP contribution in [-0.4, -0.2) is 54.0 Å². The van der Waals surface area contributed by atoms with Crippen molar-refractivity contribution in [3.63, 3.8) is 0 Å². The number of fused-ring (bicyclic) bond motifs is 4. The van der Waals surface area contributed by atoms with Crippen LogP contribution in [0.25, 0.3) is 10.9 Å². The molecule has 1 aliphatic carbocycles. The predicted molar refractivity (Wildman–Crippen MR) is 101 cm³/mol. The molecule has 2 heterocycles. The number of hydrogen-bond acceptors (Lipinski definition) is 5. The highest BCUT2D eigenvalue weighted by molar-refractivity contribution is 6.04. The summed E-state index contributed by atoms with van der Waals surface area (Å²) in [6.45, 7) is 2.90. The zero-order valence-electron chi connectivity index (χ0n) is 15.8. The number of likely N-dealkylation sites (N-methyl/N-ethyl adjacent to an activating group) is 1. The van der Waals surface area contributed by atoms with Gasteiger partial charge in [0.25, 0.3) is 0 Å². The number of ketones is 1. The number of nitrogens with zero attached hydrogens (tertiary/aromatic N) is 1. The fourth-order valence-electron chi connectivity index (χ4n) is 4.97. The SMILES string of the molecule is C/C=C1/CN(C)C[C@]2(C(=O)OC)[C@H]1CC(=O)c1[nH]c3ccccc3c1[C@@H]2O. The van der Waals surface area contributed by atoms with Crippen LogP contribution in [0.5, 0.6) is 0 Å². The summed E-state index contributed by atoms with van der Waals surface area (Å²) in [5.74, 6) is -0.954. The van der Waals surface area contributed by atoms with E-state index in [2.05, 4.69) is 4.98 Å². The van der Waals surface area contributed by atoms with Gasteiger partial charge in [-0.25, -0.2) is 0 Å². The first-order chi connectivity index (χ1) is 12.9. The lowest BCUT2D eigenvalue weighted by Crippen LogP contribution is -2.56. The minimum Gasteiger partial charge on any atom is -0.468 e. The topological polar surface area (TPSA) is 82.6 Å². The molecular weight excluding hydrogens is 344 g/mol. The van der Waals surface area contributed by atoms with Crippen LogP contribution in [0.1, 0.15) is 35.5 Å². The van der Waals surface area contributed by atoms with E-state index in [1.54, 1.807) is 0 Å². The Balaban J connectivity index is 2.03. The Morgan fingerprint density at radius 3 is 2.85 bits per heavy atom. The highest BCUT2D eigenvalue weighted by Gasteiger charge is 2.59. The average molecular weight is 368 g/mol. The van der Waals surface area contributed by atoms with Gasteiger partial charge in [0, 0.05) is 41.9 Å². The second kappa shape index (κ2) is 6.32. The number of benzene rings is 1. The average Bonchev–Trinajstić information content (AvgIpc) is 3.03. The number of allylic oxidation sites excluding steroid dienone is 1. The molecule has 4 rings (SSSR count). The van der Waals surface area contributed by atoms with E-state index in [9.17, 15) is 14.7 Å². The third-order valence-corrected chi connectivity index (χ3v) is 6.17. The third kappa shape index (κ3) is 2.40. The maximum Gasteiger partial charge on any atom is 0.316 e. The van der Waals surface area contributed by atoms with Gasteiger partial charge in [-0.2, -0.15) is 0 Å². The van der Waals surface area contributed by atoms with Crippen LogP contribution >= 0.6 is 0 Å². The number of aromatic amines is 1. The molecule has 1 aromatic carbocycles. The lowest BCUT2D eigenvalue weighted by atomic mass is 9.63. The first kappa shape index (κ1) is 17.9. The van der Waals surface area contributed by atoms with Crippen molar-refractivity contribution in [3.8, 4) is 0 Å². The van der Waals surface area contributed by atoms with Crippen molar-refractivity contribution in [2.75, 3.05) is 27.2 Å². The van der Waals surface area contributed by atoms with E-state index in [1.807, 2.05) is 49.2 Å². The Hall–Kier alpha value is -2.44. The van der Waals surface area contributed by atoms with Gasteiger partial charge in [-0.3, -0.25) is 9.59 Å². The van der Waals surface area contributed by atoms with Gasteiger partial charge in [-0.15, -0.1) is 0 Å². The van der Waals surface area contributed by atoms with Crippen molar-refractivity contribution in [1.82, 2.24) is 9.88 Å². The molecule has 2 N–H and O–H groups in total. The van der Waals surface area contributed by atoms with E-state index >= 15 is 0 Å². The Bertz CT molecular complexity index is 960. The van der Waals surface area contributed by atoms with Crippen molar-refractivity contribution in [3.05, 3.63) is 47.2 Å². The van der Waals surface area contributed by atoms with Crippen LogP contribution in [0, 0.1) is 11.3 Å². The molecule has 0 amide bonds. The van der Waals surface area contributed by atoms with E-state index in [0.29, 0.717) is 24.3 Å². The van der Waals surface area contributed by atoms with Crippen LogP contribution in [-0.2, 0) is 9.53 Å². The van der Waals surface area contributed by atoms with Crippen LogP contribution < -0.4 is 0 Å². The lowest BCUT2D eigenvalue weighted by molar-refractivity contribution is -0.170. The summed E-state index contributed by atoms with van der Waals surface area (Å²) in [5.41, 5.74) is 1.45. The molecule has 6 nitrogen and oxygen atoms in total. The highest BCUT2D eigenvalue weighted by Crippen LogP contribution is 2.53. The van der Waals surface area contributed by atoms with Crippen molar-refractivity contribution in [2.24, 2.45) is 11.3 Å². The normalized spacial score (nSPS) is 30.1. The van der Waals surface area contributed by atoms with Crippen LogP contribution in [0.2, 0.25) is 0 Å². The van der Waals surface area contributed by atoms with Crippen LogP contribution in [0.15, 0.2) is 35.9 Å². The molecule has 142 valence electrons. The van der Waals surface area contributed by atoms with Gasteiger partial charge in [-0.1, -0.05) is 29.8 Å². The monoisotopic (exact) mass is 368 g/mol. The number of rotatable bonds is 1. The molecule has 3 atom stereocenters. The molecule has 6 heteroatoms. The van der Waals surface area contributed by atoms with Crippen molar-refractivity contribution in [1.29, 1.82) is 0 Å². The first-order valence-corrected chi connectivity index (χ1v) is 9.18. The van der Waals surface area contributed by atoms with Crippen molar-refractivity contribution in [2.45, 2.75) is 19.4 Å². The number of nitrogens with one attached hydrogen (secondary N) is 1. The maximum absolute atomic E-state index is 13.1. The molecule has 2 aromatic rings. The second-order valence-electron chi connectivity index (χ2n) is 7.61. The van der Waals surface area contributed by atoms with Gasteiger partial charge >= 0.3 is 5.97 Å². The number of H-pyrrole nitrogens is 1.